The Hall–Kier alpha value is -2.48. The number of benzene rings is 2. The summed E-state index contributed by atoms with van der Waals surface area (Å²) in [6.07, 6.45) is 1.76. The first-order chi connectivity index (χ1) is 14.4. The van der Waals surface area contributed by atoms with Gasteiger partial charge in [-0.05, 0) is 49.4 Å². The zero-order valence-electron chi connectivity index (χ0n) is 16.4. The second-order valence-electron chi connectivity index (χ2n) is 6.31. The molecule has 3 aromatic rings. The number of anilines is 1. The van der Waals surface area contributed by atoms with E-state index < -0.39 is 5.25 Å². The van der Waals surface area contributed by atoms with Crippen LogP contribution in [0, 0.1) is 0 Å². The van der Waals surface area contributed by atoms with Crippen LogP contribution in [0.2, 0.25) is 10.0 Å². The Bertz CT molecular complexity index is 1050. The number of allylic oxidation sites excluding steroid dienone is 1. The number of nitrogens with one attached hydrogen (secondary N) is 1. The smallest absolute Gasteiger partial charge is 0.237 e. The highest BCUT2D eigenvalue weighted by molar-refractivity contribution is 8.00. The summed E-state index contributed by atoms with van der Waals surface area (Å²) >= 11 is 13.4. The van der Waals surface area contributed by atoms with Crippen LogP contribution in [0.1, 0.15) is 6.92 Å². The Balaban J connectivity index is 1.79. The topological polar surface area (TPSA) is 69.0 Å². The first-order valence-electron chi connectivity index (χ1n) is 9.04. The molecular weight excluding hydrogens is 443 g/mol. The Morgan fingerprint density at radius 3 is 2.67 bits per heavy atom. The van der Waals surface area contributed by atoms with E-state index in [1.807, 2.05) is 28.8 Å². The van der Waals surface area contributed by atoms with Crippen LogP contribution in [-0.4, -0.2) is 33.0 Å². The van der Waals surface area contributed by atoms with Gasteiger partial charge in [-0.25, -0.2) is 0 Å². The summed E-state index contributed by atoms with van der Waals surface area (Å²) in [5, 5.41) is 12.5. The maximum absolute atomic E-state index is 12.7. The molecule has 1 N–H and O–H groups in total. The molecule has 0 saturated heterocycles. The molecule has 0 spiro atoms. The molecule has 0 fully saturated rings. The van der Waals surface area contributed by atoms with Crippen molar-refractivity contribution in [3.05, 3.63) is 65.2 Å². The van der Waals surface area contributed by atoms with Crippen molar-refractivity contribution in [3.63, 3.8) is 0 Å². The molecule has 2 aromatic carbocycles. The lowest BCUT2D eigenvalue weighted by Crippen LogP contribution is -2.23. The number of rotatable bonds is 8. The third-order valence-corrected chi connectivity index (χ3v) is 5.86. The minimum absolute atomic E-state index is 0.219. The number of halogens is 2. The highest BCUT2D eigenvalue weighted by atomic mass is 35.5. The molecule has 6 nitrogen and oxygen atoms in total. The van der Waals surface area contributed by atoms with Crippen molar-refractivity contribution in [1.82, 2.24) is 14.8 Å². The number of methoxy groups -OCH3 is 1. The Labute approximate surface area is 189 Å². The molecule has 1 atom stereocenters. The van der Waals surface area contributed by atoms with E-state index in [2.05, 4.69) is 22.1 Å². The van der Waals surface area contributed by atoms with Gasteiger partial charge in [0.2, 0.25) is 5.91 Å². The van der Waals surface area contributed by atoms with E-state index in [0.29, 0.717) is 33.3 Å². The van der Waals surface area contributed by atoms with E-state index in [4.69, 9.17) is 27.9 Å². The average Bonchev–Trinajstić information content (AvgIpc) is 3.13. The van der Waals surface area contributed by atoms with Gasteiger partial charge in [-0.1, -0.05) is 41.0 Å². The predicted molar refractivity (Wildman–Crippen MR) is 123 cm³/mol. The molecule has 0 aliphatic carbocycles. The molecule has 0 bridgehead atoms. The summed E-state index contributed by atoms with van der Waals surface area (Å²) in [5.74, 6) is 1.22. The summed E-state index contributed by atoms with van der Waals surface area (Å²) in [6, 6.07) is 12.5. The third-order valence-electron chi connectivity index (χ3n) is 4.21. The van der Waals surface area contributed by atoms with Crippen molar-refractivity contribution in [1.29, 1.82) is 0 Å². The number of carbonyl (C=O) groups is 1. The van der Waals surface area contributed by atoms with Crippen LogP contribution < -0.4 is 10.1 Å². The number of nitrogens with zero attached hydrogens (tertiary/aromatic N) is 3. The van der Waals surface area contributed by atoms with E-state index in [0.717, 1.165) is 11.3 Å². The van der Waals surface area contributed by atoms with E-state index in [1.165, 1.54) is 11.8 Å². The fraction of sp³-hybridized carbons (Fsp3) is 0.190. The van der Waals surface area contributed by atoms with Gasteiger partial charge in [0, 0.05) is 17.1 Å². The Morgan fingerprint density at radius 2 is 2.00 bits per heavy atom. The number of hydrogen-bond acceptors (Lipinski definition) is 5. The maximum atomic E-state index is 12.7. The standard InChI is InChI=1S/C21H20Cl2N4O2S/c1-4-11-27-19(14-5-8-16(29-3)9-6-14)25-26-21(27)30-13(2)20(28)24-18-12-15(22)7-10-17(18)23/h4-10,12-13H,1,11H2,2-3H3,(H,24,28). The molecule has 0 saturated carbocycles. The number of hydrogen-bond donors (Lipinski definition) is 1. The van der Waals surface area contributed by atoms with Crippen molar-refractivity contribution >= 4 is 46.6 Å². The highest BCUT2D eigenvalue weighted by Crippen LogP contribution is 2.30. The quantitative estimate of drug-likeness (QED) is 0.350. The molecular formula is C21H20Cl2N4O2S. The lowest BCUT2D eigenvalue weighted by atomic mass is 10.2. The van der Waals surface area contributed by atoms with Gasteiger partial charge >= 0.3 is 0 Å². The van der Waals surface area contributed by atoms with Gasteiger partial charge in [-0.3, -0.25) is 9.36 Å². The predicted octanol–water partition coefficient (Wildman–Crippen LogP) is 5.57. The van der Waals surface area contributed by atoms with Crippen LogP contribution in [0.4, 0.5) is 5.69 Å². The van der Waals surface area contributed by atoms with Gasteiger partial charge in [0.05, 0.1) is 23.1 Å². The van der Waals surface area contributed by atoms with Crippen LogP contribution in [0.5, 0.6) is 5.75 Å². The second kappa shape index (κ2) is 10.0. The molecule has 1 heterocycles. The van der Waals surface area contributed by atoms with Gasteiger partial charge in [0.25, 0.3) is 0 Å². The fourth-order valence-electron chi connectivity index (χ4n) is 2.66. The molecule has 0 aliphatic rings. The zero-order valence-corrected chi connectivity index (χ0v) is 18.8. The van der Waals surface area contributed by atoms with Gasteiger partial charge in [-0.2, -0.15) is 0 Å². The fourth-order valence-corrected chi connectivity index (χ4v) is 3.86. The molecule has 30 heavy (non-hydrogen) atoms. The summed E-state index contributed by atoms with van der Waals surface area (Å²) in [6.45, 7) is 6.11. The molecule has 1 aromatic heterocycles. The van der Waals surface area contributed by atoms with E-state index in [-0.39, 0.29) is 5.91 Å². The Morgan fingerprint density at radius 1 is 1.27 bits per heavy atom. The SMILES string of the molecule is C=CCn1c(SC(C)C(=O)Nc2cc(Cl)ccc2Cl)nnc1-c1ccc(OC)cc1. The van der Waals surface area contributed by atoms with Gasteiger partial charge in [-0.15, -0.1) is 16.8 Å². The lowest BCUT2D eigenvalue weighted by molar-refractivity contribution is -0.115. The van der Waals surface area contributed by atoms with Crippen molar-refractivity contribution in [2.45, 2.75) is 23.9 Å². The molecule has 156 valence electrons. The number of thioether (sulfide) groups is 1. The van der Waals surface area contributed by atoms with E-state index in [1.54, 1.807) is 38.3 Å². The molecule has 0 radical (unpaired) electrons. The summed E-state index contributed by atoms with van der Waals surface area (Å²) in [7, 11) is 1.62. The number of ether oxygens (including phenoxy) is 1. The summed E-state index contributed by atoms with van der Waals surface area (Å²) in [5.41, 5.74) is 1.35. The largest absolute Gasteiger partial charge is 0.497 e. The summed E-state index contributed by atoms with van der Waals surface area (Å²) < 4.78 is 7.12. The van der Waals surface area contributed by atoms with Crippen LogP contribution in [0.3, 0.4) is 0 Å². The van der Waals surface area contributed by atoms with Crippen molar-refractivity contribution in [2.75, 3.05) is 12.4 Å². The zero-order chi connectivity index (χ0) is 21.7. The molecule has 1 unspecified atom stereocenters. The number of aromatic nitrogens is 3. The lowest BCUT2D eigenvalue weighted by Gasteiger charge is -2.14. The van der Waals surface area contributed by atoms with E-state index in [9.17, 15) is 4.79 Å². The Kier molecular flexibility index (Phi) is 7.42. The van der Waals surface area contributed by atoms with Crippen LogP contribution in [-0.2, 0) is 11.3 Å². The van der Waals surface area contributed by atoms with Gasteiger partial charge < -0.3 is 10.1 Å². The monoisotopic (exact) mass is 462 g/mol. The highest BCUT2D eigenvalue weighted by Gasteiger charge is 2.21. The van der Waals surface area contributed by atoms with Crippen LogP contribution >= 0.6 is 35.0 Å². The molecule has 1 amide bonds. The van der Waals surface area contributed by atoms with Crippen LogP contribution in [0.25, 0.3) is 11.4 Å². The van der Waals surface area contributed by atoms with Crippen molar-refractivity contribution in [2.24, 2.45) is 0 Å². The number of carbonyl (C=O) groups excluding carboxylic acids is 1. The minimum Gasteiger partial charge on any atom is -0.497 e. The molecule has 3 rings (SSSR count). The molecule has 0 aliphatic heterocycles. The van der Waals surface area contributed by atoms with Crippen molar-refractivity contribution < 1.29 is 9.53 Å². The van der Waals surface area contributed by atoms with Gasteiger partial charge in [0.15, 0.2) is 11.0 Å². The third kappa shape index (κ3) is 5.16. The first kappa shape index (κ1) is 22.2. The van der Waals surface area contributed by atoms with E-state index >= 15 is 0 Å². The summed E-state index contributed by atoms with van der Waals surface area (Å²) in [4.78, 5) is 12.7. The average molecular weight is 463 g/mol. The second-order valence-corrected chi connectivity index (χ2v) is 8.46. The van der Waals surface area contributed by atoms with Gasteiger partial charge in [0.1, 0.15) is 5.75 Å². The first-order valence-corrected chi connectivity index (χ1v) is 10.7. The normalized spacial score (nSPS) is 11.7. The number of amides is 1. The maximum Gasteiger partial charge on any atom is 0.237 e. The van der Waals surface area contributed by atoms with Crippen LogP contribution in [0.15, 0.2) is 60.3 Å². The minimum atomic E-state index is -0.448. The van der Waals surface area contributed by atoms with Crippen molar-refractivity contribution in [3.8, 4) is 17.1 Å². The molecule has 9 heteroatoms.